The molecule has 0 amide bonds. The monoisotopic (exact) mass is 213 g/mol. The number of nitrogen functional groups attached to an aromatic ring is 1. The molecule has 0 saturated heterocycles. The van der Waals surface area contributed by atoms with Gasteiger partial charge in [-0.15, -0.1) is 0 Å². The van der Waals surface area contributed by atoms with E-state index in [0.29, 0.717) is 6.42 Å². The lowest BCUT2D eigenvalue weighted by atomic mass is 10.2. The molecule has 1 rings (SSSR count). The SMILES string of the molecule is Nc1ccc(C(=O)OCCCO)cc1F. The third-order valence-electron chi connectivity index (χ3n) is 1.77. The summed E-state index contributed by atoms with van der Waals surface area (Å²) < 4.78 is 17.7. The van der Waals surface area contributed by atoms with E-state index in [1.165, 1.54) is 12.1 Å². The first kappa shape index (κ1) is 11.5. The van der Waals surface area contributed by atoms with Crippen LogP contribution in [0.4, 0.5) is 10.1 Å². The summed E-state index contributed by atoms with van der Waals surface area (Å²) in [5.41, 5.74) is 5.35. The second-order valence-electron chi connectivity index (χ2n) is 2.95. The average Bonchev–Trinajstić information content (AvgIpc) is 2.22. The summed E-state index contributed by atoms with van der Waals surface area (Å²) in [5, 5.41) is 8.46. The Labute approximate surface area is 86.5 Å². The van der Waals surface area contributed by atoms with Crippen molar-refractivity contribution in [3.05, 3.63) is 29.6 Å². The van der Waals surface area contributed by atoms with Crippen LogP contribution in [0.3, 0.4) is 0 Å². The second kappa shape index (κ2) is 5.31. The van der Waals surface area contributed by atoms with E-state index in [2.05, 4.69) is 0 Å². The molecule has 0 aliphatic heterocycles. The zero-order valence-electron chi connectivity index (χ0n) is 8.07. The van der Waals surface area contributed by atoms with Crippen LogP contribution in [-0.4, -0.2) is 24.3 Å². The highest BCUT2D eigenvalue weighted by atomic mass is 19.1. The number of esters is 1. The molecule has 0 atom stereocenters. The van der Waals surface area contributed by atoms with E-state index < -0.39 is 11.8 Å². The van der Waals surface area contributed by atoms with Crippen LogP contribution >= 0.6 is 0 Å². The van der Waals surface area contributed by atoms with Crippen molar-refractivity contribution in [2.24, 2.45) is 0 Å². The zero-order chi connectivity index (χ0) is 11.3. The predicted molar refractivity (Wildman–Crippen MR) is 52.8 cm³/mol. The summed E-state index contributed by atoms with van der Waals surface area (Å²) in [6.45, 7) is 0.0602. The van der Waals surface area contributed by atoms with Crippen molar-refractivity contribution >= 4 is 11.7 Å². The molecule has 0 unspecified atom stereocenters. The van der Waals surface area contributed by atoms with Crippen LogP contribution in [0, 0.1) is 5.82 Å². The molecular formula is C10H12FNO3. The van der Waals surface area contributed by atoms with Crippen molar-refractivity contribution in [2.45, 2.75) is 6.42 Å². The van der Waals surface area contributed by atoms with E-state index in [0.717, 1.165) is 6.07 Å². The summed E-state index contributed by atoms with van der Waals surface area (Å²) in [7, 11) is 0. The standard InChI is InChI=1S/C10H12FNO3/c11-8-6-7(2-3-9(8)12)10(14)15-5-1-4-13/h2-3,6,13H,1,4-5,12H2. The van der Waals surface area contributed by atoms with Gasteiger partial charge in [-0.05, 0) is 18.2 Å². The van der Waals surface area contributed by atoms with Crippen molar-refractivity contribution in [2.75, 3.05) is 18.9 Å². The topological polar surface area (TPSA) is 72.6 Å². The number of hydrogen-bond donors (Lipinski definition) is 2. The van der Waals surface area contributed by atoms with Gasteiger partial charge >= 0.3 is 5.97 Å². The minimum absolute atomic E-state index is 0.0121. The van der Waals surface area contributed by atoms with Crippen molar-refractivity contribution in [3.8, 4) is 0 Å². The molecular weight excluding hydrogens is 201 g/mol. The van der Waals surface area contributed by atoms with Gasteiger partial charge in [-0.1, -0.05) is 0 Å². The Kier molecular flexibility index (Phi) is 4.05. The highest BCUT2D eigenvalue weighted by Gasteiger charge is 2.09. The quantitative estimate of drug-likeness (QED) is 0.443. The van der Waals surface area contributed by atoms with Crippen molar-refractivity contribution in [1.29, 1.82) is 0 Å². The molecule has 0 saturated carbocycles. The molecule has 0 spiro atoms. The molecule has 1 aromatic rings. The van der Waals surface area contributed by atoms with E-state index in [-0.39, 0.29) is 24.5 Å². The van der Waals surface area contributed by atoms with Gasteiger partial charge in [0.15, 0.2) is 0 Å². The first-order valence-electron chi connectivity index (χ1n) is 4.48. The average molecular weight is 213 g/mol. The first-order valence-corrected chi connectivity index (χ1v) is 4.48. The second-order valence-corrected chi connectivity index (χ2v) is 2.95. The van der Waals surface area contributed by atoms with Gasteiger partial charge in [-0.3, -0.25) is 0 Å². The summed E-state index contributed by atoms with van der Waals surface area (Å²) in [5.74, 6) is -1.27. The number of hydrogen-bond acceptors (Lipinski definition) is 4. The van der Waals surface area contributed by atoms with Crippen LogP contribution in [0.25, 0.3) is 0 Å². The molecule has 0 fully saturated rings. The fraction of sp³-hybridized carbons (Fsp3) is 0.300. The molecule has 0 aliphatic carbocycles. The number of ether oxygens (including phenoxy) is 1. The number of carbonyl (C=O) groups excluding carboxylic acids is 1. The molecule has 0 heterocycles. The number of benzene rings is 1. The summed E-state index contributed by atoms with van der Waals surface area (Å²) in [6, 6.07) is 3.72. The maximum atomic E-state index is 13.0. The number of rotatable bonds is 4. The van der Waals surface area contributed by atoms with Gasteiger partial charge < -0.3 is 15.6 Å². The predicted octanol–water partition coefficient (Wildman–Crippen LogP) is 0.947. The first-order chi connectivity index (χ1) is 7.15. The Balaban J connectivity index is 2.62. The fourth-order valence-corrected chi connectivity index (χ4v) is 0.967. The van der Waals surface area contributed by atoms with Crippen LogP contribution in [0.2, 0.25) is 0 Å². The number of aliphatic hydroxyl groups is 1. The van der Waals surface area contributed by atoms with Crippen LogP contribution < -0.4 is 5.73 Å². The highest BCUT2D eigenvalue weighted by molar-refractivity contribution is 5.89. The minimum Gasteiger partial charge on any atom is -0.462 e. The summed E-state index contributed by atoms with van der Waals surface area (Å²) in [4.78, 5) is 11.3. The van der Waals surface area contributed by atoms with E-state index in [9.17, 15) is 9.18 Å². The number of anilines is 1. The van der Waals surface area contributed by atoms with Crippen molar-refractivity contribution in [1.82, 2.24) is 0 Å². The number of halogens is 1. The van der Waals surface area contributed by atoms with Gasteiger partial charge in [0.05, 0.1) is 17.9 Å². The Morgan fingerprint density at radius 1 is 1.53 bits per heavy atom. The number of nitrogens with two attached hydrogens (primary N) is 1. The largest absolute Gasteiger partial charge is 0.462 e. The third kappa shape index (κ3) is 3.21. The van der Waals surface area contributed by atoms with Gasteiger partial charge in [0.2, 0.25) is 0 Å². The van der Waals surface area contributed by atoms with Crippen LogP contribution in [0.1, 0.15) is 16.8 Å². The maximum Gasteiger partial charge on any atom is 0.338 e. The van der Waals surface area contributed by atoms with Gasteiger partial charge in [0.1, 0.15) is 5.82 Å². The normalized spacial score (nSPS) is 10.0. The molecule has 15 heavy (non-hydrogen) atoms. The molecule has 1 aromatic carbocycles. The van der Waals surface area contributed by atoms with Gasteiger partial charge in [-0.2, -0.15) is 0 Å². The molecule has 0 aromatic heterocycles. The van der Waals surface area contributed by atoms with Gasteiger partial charge in [0.25, 0.3) is 0 Å². The summed E-state index contributed by atoms with van der Waals surface area (Å²) in [6.07, 6.45) is 0.364. The van der Waals surface area contributed by atoms with Crippen LogP contribution in [0.15, 0.2) is 18.2 Å². The van der Waals surface area contributed by atoms with Crippen molar-refractivity contribution < 1.29 is 19.0 Å². The lowest BCUT2D eigenvalue weighted by Gasteiger charge is -2.04. The van der Waals surface area contributed by atoms with E-state index >= 15 is 0 Å². The third-order valence-corrected chi connectivity index (χ3v) is 1.77. The van der Waals surface area contributed by atoms with Crippen molar-refractivity contribution in [3.63, 3.8) is 0 Å². The van der Waals surface area contributed by atoms with E-state index in [1.54, 1.807) is 0 Å². The molecule has 0 bridgehead atoms. The fourth-order valence-electron chi connectivity index (χ4n) is 0.967. The Bertz CT molecular complexity index is 355. The molecule has 82 valence electrons. The molecule has 4 nitrogen and oxygen atoms in total. The number of carbonyl (C=O) groups is 1. The molecule has 0 aliphatic rings. The van der Waals surface area contributed by atoms with Crippen LogP contribution in [0.5, 0.6) is 0 Å². The highest BCUT2D eigenvalue weighted by Crippen LogP contribution is 2.12. The Morgan fingerprint density at radius 2 is 2.27 bits per heavy atom. The lowest BCUT2D eigenvalue weighted by molar-refractivity contribution is 0.0481. The van der Waals surface area contributed by atoms with Gasteiger partial charge in [-0.25, -0.2) is 9.18 Å². The van der Waals surface area contributed by atoms with Gasteiger partial charge in [0, 0.05) is 13.0 Å². The van der Waals surface area contributed by atoms with Crippen LogP contribution in [-0.2, 0) is 4.74 Å². The lowest BCUT2D eigenvalue weighted by Crippen LogP contribution is -2.08. The summed E-state index contributed by atoms with van der Waals surface area (Å²) >= 11 is 0. The zero-order valence-corrected chi connectivity index (χ0v) is 8.07. The molecule has 3 N–H and O–H groups in total. The minimum atomic E-state index is -0.647. The maximum absolute atomic E-state index is 13.0. The Hall–Kier alpha value is -1.62. The Morgan fingerprint density at radius 3 is 2.87 bits per heavy atom. The van der Waals surface area contributed by atoms with E-state index in [4.69, 9.17) is 15.6 Å². The number of aliphatic hydroxyl groups excluding tert-OH is 1. The molecule has 0 radical (unpaired) electrons. The molecule has 5 heteroatoms. The van der Waals surface area contributed by atoms with E-state index in [1.807, 2.05) is 0 Å². The smallest absolute Gasteiger partial charge is 0.338 e.